The molecule has 5 nitrogen and oxygen atoms in total. The van der Waals surface area contributed by atoms with E-state index >= 15 is 0 Å². The van der Waals surface area contributed by atoms with Gasteiger partial charge in [-0.3, -0.25) is 4.79 Å². The Morgan fingerprint density at radius 1 is 1.17 bits per heavy atom. The van der Waals surface area contributed by atoms with Crippen LogP contribution in [0.4, 0.5) is 0 Å². The van der Waals surface area contributed by atoms with E-state index in [0.717, 1.165) is 0 Å². The Kier molecular flexibility index (Phi) is 4.55. The summed E-state index contributed by atoms with van der Waals surface area (Å²) in [5.41, 5.74) is 0.387. The topological polar surface area (TPSA) is 72.0 Å². The number of ether oxygens (including phenoxy) is 1. The summed E-state index contributed by atoms with van der Waals surface area (Å²) in [6, 6.07) is 11.6. The van der Waals surface area contributed by atoms with Crippen molar-refractivity contribution in [2.45, 2.75) is 13.0 Å². The number of H-pyrrole nitrogens is 1. The predicted molar refractivity (Wildman–Crippen MR) is 92.7 cm³/mol. The van der Waals surface area contributed by atoms with E-state index in [9.17, 15) is 9.59 Å². The molecule has 0 spiro atoms. The van der Waals surface area contributed by atoms with Crippen LogP contribution in [0.5, 0.6) is 0 Å². The Bertz CT molecular complexity index is 985. The van der Waals surface area contributed by atoms with Crippen molar-refractivity contribution < 1.29 is 9.53 Å². The lowest BCUT2D eigenvalue weighted by Gasteiger charge is -2.14. The minimum absolute atomic E-state index is 0.122. The molecule has 0 amide bonds. The number of rotatable bonds is 3. The summed E-state index contributed by atoms with van der Waals surface area (Å²) < 4.78 is 5.35. The molecule has 7 heteroatoms. The smallest absolute Gasteiger partial charge is 0.340 e. The van der Waals surface area contributed by atoms with E-state index in [-0.39, 0.29) is 27.0 Å². The van der Waals surface area contributed by atoms with Gasteiger partial charge in [-0.2, -0.15) is 0 Å². The summed E-state index contributed by atoms with van der Waals surface area (Å²) in [6.07, 6.45) is -0.759. The number of hydrogen-bond donors (Lipinski definition) is 1. The zero-order valence-corrected chi connectivity index (χ0v) is 14.1. The van der Waals surface area contributed by atoms with Gasteiger partial charge in [0.25, 0.3) is 5.56 Å². The monoisotopic (exact) mass is 362 g/mol. The minimum Gasteiger partial charge on any atom is -0.451 e. The van der Waals surface area contributed by atoms with Crippen LogP contribution >= 0.6 is 23.2 Å². The van der Waals surface area contributed by atoms with Gasteiger partial charge in [-0.05, 0) is 31.2 Å². The molecule has 0 radical (unpaired) electrons. The molecule has 1 atom stereocenters. The normalized spacial score (nSPS) is 12.1. The lowest BCUT2D eigenvalue weighted by molar-refractivity contribution is 0.0320. The number of esters is 1. The van der Waals surface area contributed by atoms with Gasteiger partial charge in [0.05, 0.1) is 26.5 Å². The number of halogens is 2. The number of carbonyl (C=O) groups is 1. The second kappa shape index (κ2) is 6.63. The van der Waals surface area contributed by atoms with Crippen LogP contribution in [0.3, 0.4) is 0 Å². The van der Waals surface area contributed by atoms with Gasteiger partial charge in [-0.25, -0.2) is 9.78 Å². The van der Waals surface area contributed by atoms with Gasteiger partial charge in [0.15, 0.2) is 11.9 Å². The molecule has 1 N–H and O–H groups in total. The molecule has 0 bridgehead atoms. The molecule has 0 saturated carbocycles. The molecular formula is C17H12Cl2N2O3. The SMILES string of the molecule is CC(OC(=O)c1cccc(Cl)c1Cl)c1nc2ccccc2c(=O)[nH]1. The average molecular weight is 363 g/mol. The highest BCUT2D eigenvalue weighted by molar-refractivity contribution is 6.43. The quantitative estimate of drug-likeness (QED) is 0.710. The fourth-order valence-electron chi connectivity index (χ4n) is 2.24. The van der Waals surface area contributed by atoms with E-state index in [1.165, 1.54) is 6.07 Å². The van der Waals surface area contributed by atoms with Gasteiger partial charge in [0.2, 0.25) is 0 Å². The molecule has 0 fully saturated rings. The molecule has 0 aliphatic rings. The van der Waals surface area contributed by atoms with Crippen molar-refractivity contribution in [2.75, 3.05) is 0 Å². The zero-order valence-electron chi connectivity index (χ0n) is 12.5. The maximum Gasteiger partial charge on any atom is 0.340 e. The first-order valence-electron chi connectivity index (χ1n) is 7.11. The van der Waals surface area contributed by atoms with E-state index in [2.05, 4.69) is 9.97 Å². The molecule has 24 heavy (non-hydrogen) atoms. The average Bonchev–Trinajstić information content (AvgIpc) is 2.57. The first-order valence-corrected chi connectivity index (χ1v) is 7.87. The maximum absolute atomic E-state index is 12.3. The van der Waals surface area contributed by atoms with Crippen LogP contribution in [0, 0.1) is 0 Å². The van der Waals surface area contributed by atoms with Crippen molar-refractivity contribution in [1.82, 2.24) is 9.97 Å². The summed E-state index contributed by atoms with van der Waals surface area (Å²) in [5.74, 6) is -0.393. The van der Waals surface area contributed by atoms with Gasteiger partial charge in [0.1, 0.15) is 0 Å². The predicted octanol–water partition coefficient (Wildman–Crippen LogP) is 4.15. The lowest BCUT2D eigenvalue weighted by Crippen LogP contribution is -2.17. The fraction of sp³-hybridized carbons (Fsp3) is 0.118. The first kappa shape index (κ1) is 16.5. The molecule has 1 unspecified atom stereocenters. The Morgan fingerprint density at radius 2 is 1.92 bits per heavy atom. The van der Waals surface area contributed by atoms with E-state index in [1.54, 1.807) is 43.3 Å². The van der Waals surface area contributed by atoms with Crippen LogP contribution in [-0.2, 0) is 4.74 Å². The second-order valence-corrected chi connectivity index (χ2v) is 5.90. The van der Waals surface area contributed by atoms with E-state index in [0.29, 0.717) is 10.9 Å². The van der Waals surface area contributed by atoms with Crippen LogP contribution < -0.4 is 5.56 Å². The van der Waals surface area contributed by atoms with Crippen LogP contribution in [-0.4, -0.2) is 15.9 Å². The number of aromatic amines is 1. The largest absolute Gasteiger partial charge is 0.451 e. The van der Waals surface area contributed by atoms with Crippen molar-refractivity contribution in [3.63, 3.8) is 0 Å². The standard InChI is InChI=1S/C17H12Cl2N2O3/c1-9(24-17(23)11-6-4-7-12(18)14(11)19)15-20-13-8-3-2-5-10(13)16(22)21-15/h2-9H,1H3,(H,20,21,22). The number of aromatic nitrogens is 2. The number of fused-ring (bicyclic) bond motifs is 1. The van der Waals surface area contributed by atoms with Gasteiger partial charge < -0.3 is 9.72 Å². The highest BCUT2D eigenvalue weighted by Gasteiger charge is 2.19. The van der Waals surface area contributed by atoms with E-state index in [1.807, 2.05) is 0 Å². The highest BCUT2D eigenvalue weighted by Crippen LogP contribution is 2.27. The Labute approximate surface area is 147 Å². The van der Waals surface area contributed by atoms with Crippen molar-refractivity contribution in [1.29, 1.82) is 0 Å². The molecule has 122 valence electrons. The summed E-state index contributed by atoms with van der Waals surface area (Å²) in [7, 11) is 0. The summed E-state index contributed by atoms with van der Waals surface area (Å²) >= 11 is 11.9. The molecule has 1 aromatic heterocycles. The molecule has 0 aliphatic carbocycles. The summed E-state index contributed by atoms with van der Waals surface area (Å²) in [5, 5.41) is 0.852. The number of hydrogen-bond acceptors (Lipinski definition) is 4. The van der Waals surface area contributed by atoms with Crippen molar-refractivity contribution in [3.8, 4) is 0 Å². The lowest BCUT2D eigenvalue weighted by atomic mass is 10.2. The molecule has 0 aliphatic heterocycles. The zero-order chi connectivity index (χ0) is 17.3. The minimum atomic E-state index is -0.759. The highest BCUT2D eigenvalue weighted by atomic mass is 35.5. The van der Waals surface area contributed by atoms with Crippen molar-refractivity contribution in [3.05, 3.63) is 74.3 Å². The Morgan fingerprint density at radius 3 is 2.71 bits per heavy atom. The molecule has 3 rings (SSSR count). The van der Waals surface area contributed by atoms with Crippen LogP contribution in [0.1, 0.15) is 29.2 Å². The summed E-state index contributed by atoms with van der Waals surface area (Å²) in [4.78, 5) is 31.3. The van der Waals surface area contributed by atoms with Gasteiger partial charge in [0, 0.05) is 0 Å². The maximum atomic E-state index is 12.3. The van der Waals surface area contributed by atoms with Crippen LogP contribution in [0.2, 0.25) is 10.0 Å². The number of benzene rings is 2. The Balaban J connectivity index is 1.90. The second-order valence-electron chi connectivity index (χ2n) is 5.12. The third-order valence-corrected chi connectivity index (χ3v) is 4.29. The number of carbonyl (C=O) groups excluding carboxylic acids is 1. The molecular weight excluding hydrogens is 351 g/mol. The number of para-hydroxylation sites is 1. The molecule has 0 saturated heterocycles. The van der Waals surface area contributed by atoms with Crippen molar-refractivity contribution >= 4 is 40.1 Å². The van der Waals surface area contributed by atoms with Gasteiger partial charge >= 0.3 is 5.97 Å². The molecule has 2 aromatic carbocycles. The Hall–Kier alpha value is -2.37. The first-order chi connectivity index (χ1) is 11.5. The fourth-order valence-corrected chi connectivity index (χ4v) is 2.62. The van der Waals surface area contributed by atoms with E-state index in [4.69, 9.17) is 27.9 Å². The number of nitrogens with zero attached hydrogens (tertiary/aromatic N) is 1. The number of nitrogens with one attached hydrogen (secondary N) is 1. The van der Waals surface area contributed by atoms with Crippen LogP contribution in [0.15, 0.2) is 47.3 Å². The molecule has 3 aromatic rings. The van der Waals surface area contributed by atoms with Crippen LogP contribution in [0.25, 0.3) is 10.9 Å². The summed E-state index contributed by atoms with van der Waals surface area (Å²) in [6.45, 7) is 1.61. The van der Waals surface area contributed by atoms with Crippen molar-refractivity contribution in [2.24, 2.45) is 0 Å². The van der Waals surface area contributed by atoms with Gasteiger partial charge in [-0.15, -0.1) is 0 Å². The molecule has 1 heterocycles. The third-order valence-electron chi connectivity index (χ3n) is 3.47. The third kappa shape index (κ3) is 3.13. The van der Waals surface area contributed by atoms with E-state index < -0.39 is 12.1 Å². The van der Waals surface area contributed by atoms with Gasteiger partial charge in [-0.1, -0.05) is 41.4 Å².